The van der Waals surface area contributed by atoms with E-state index in [0.717, 1.165) is 30.7 Å². The molecule has 0 bridgehead atoms. The summed E-state index contributed by atoms with van der Waals surface area (Å²) in [6, 6.07) is 2.18. The Morgan fingerprint density at radius 3 is 3.20 bits per heavy atom. The second-order valence-corrected chi connectivity index (χ2v) is 4.83. The van der Waals surface area contributed by atoms with Crippen LogP contribution >= 0.6 is 0 Å². The summed E-state index contributed by atoms with van der Waals surface area (Å²) in [4.78, 5) is 8.61. The number of aryl methyl sites for hydroxylation is 1. The van der Waals surface area contributed by atoms with Gasteiger partial charge in [-0.3, -0.25) is 4.98 Å². The molecule has 20 heavy (non-hydrogen) atoms. The maximum Gasteiger partial charge on any atom is 0.228 e. The van der Waals surface area contributed by atoms with Crippen molar-refractivity contribution in [3.8, 4) is 11.4 Å². The SMILES string of the molecule is CCc1cnccc1-c1noc(CC2COCCN2)n1. The molecule has 1 aliphatic rings. The van der Waals surface area contributed by atoms with Crippen LogP contribution in [0.1, 0.15) is 18.4 Å². The van der Waals surface area contributed by atoms with Gasteiger partial charge in [-0.2, -0.15) is 4.98 Å². The molecule has 0 spiro atoms. The van der Waals surface area contributed by atoms with E-state index in [4.69, 9.17) is 9.26 Å². The van der Waals surface area contributed by atoms with Gasteiger partial charge in [-0.25, -0.2) is 0 Å². The van der Waals surface area contributed by atoms with Crippen LogP contribution in [0.5, 0.6) is 0 Å². The Morgan fingerprint density at radius 2 is 2.40 bits per heavy atom. The Labute approximate surface area is 117 Å². The van der Waals surface area contributed by atoms with Crippen molar-refractivity contribution in [3.63, 3.8) is 0 Å². The van der Waals surface area contributed by atoms with E-state index in [0.29, 0.717) is 24.7 Å². The van der Waals surface area contributed by atoms with E-state index in [2.05, 4.69) is 27.4 Å². The predicted molar refractivity (Wildman–Crippen MR) is 73.2 cm³/mol. The third kappa shape index (κ3) is 2.86. The van der Waals surface area contributed by atoms with E-state index in [1.165, 1.54) is 0 Å². The van der Waals surface area contributed by atoms with Crippen LogP contribution in [0.2, 0.25) is 0 Å². The smallest absolute Gasteiger partial charge is 0.228 e. The summed E-state index contributed by atoms with van der Waals surface area (Å²) in [6.07, 6.45) is 5.19. The van der Waals surface area contributed by atoms with Crippen molar-refractivity contribution >= 4 is 0 Å². The van der Waals surface area contributed by atoms with E-state index in [9.17, 15) is 0 Å². The van der Waals surface area contributed by atoms with Gasteiger partial charge < -0.3 is 14.6 Å². The molecule has 106 valence electrons. The Balaban J connectivity index is 1.75. The zero-order valence-corrected chi connectivity index (χ0v) is 11.5. The molecule has 0 aliphatic carbocycles. The molecular formula is C14H18N4O2. The lowest BCUT2D eigenvalue weighted by atomic mass is 10.1. The molecule has 3 rings (SSSR count). The van der Waals surface area contributed by atoms with Crippen LogP contribution in [0.25, 0.3) is 11.4 Å². The zero-order valence-electron chi connectivity index (χ0n) is 11.5. The minimum absolute atomic E-state index is 0.250. The number of hydrogen-bond donors (Lipinski definition) is 1. The number of ether oxygens (including phenoxy) is 1. The van der Waals surface area contributed by atoms with Crippen LogP contribution in [0.4, 0.5) is 0 Å². The van der Waals surface area contributed by atoms with Gasteiger partial charge in [0, 0.05) is 37.0 Å². The van der Waals surface area contributed by atoms with Gasteiger partial charge in [-0.1, -0.05) is 12.1 Å². The number of nitrogens with one attached hydrogen (secondary N) is 1. The highest BCUT2D eigenvalue weighted by molar-refractivity contribution is 5.58. The summed E-state index contributed by atoms with van der Waals surface area (Å²) >= 11 is 0. The number of hydrogen-bond acceptors (Lipinski definition) is 6. The van der Waals surface area contributed by atoms with Crippen LogP contribution < -0.4 is 5.32 Å². The van der Waals surface area contributed by atoms with Gasteiger partial charge in [0.25, 0.3) is 0 Å². The number of nitrogens with zero attached hydrogens (tertiary/aromatic N) is 3. The summed E-state index contributed by atoms with van der Waals surface area (Å²) in [5.41, 5.74) is 2.12. The lowest BCUT2D eigenvalue weighted by Crippen LogP contribution is -2.42. The Hall–Kier alpha value is -1.79. The Kier molecular flexibility index (Phi) is 4.03. The minimum atomic E-state index is 0.250. The molecule has 0 radical (unpaired) electrons. The third-order valence-corrected chi connectivity index (χ3v) is 3.41. The van der Waals surface area contributed by atoms with Gasteiger partial charge >= 0.3 is 0 Å². The van der Waals surface area contributed by atoms with Crippen molar-refractivity contribution in [1.29, 1.82) is 0 Å². The van der Waals surface area contributed by atoms with Crippen molar-refractivity contribution in [1.82, 2.24) is 20.4 Å². The van der Waals surface area contributed by atoms with Crippen molar-refractivity contribution in [2.24, 2.45) is 0 Å². The summed E-state index contributed by atoms with van der Waals surface area (Å²) in [6.45, 7) is 4.41. The van der Waals surface area contributed by atoms with E-state index < -0.39 is 0 Å². The van der Waals surface area contributed by atoms with Gasteiger partial charge in [0.15, 0.2) is 0 Å². The molecule has 0 amide bonds. The van der Waals surface area contributed by atoms with Crippen LogP contribution in [0, 0.1) is 0 Å². The first kappa shape index (κ1) is 13.2. The normalized spacial score (nSPS) is 19.1. The molecule has 3 heterocycles. The maximum absolute atomic E-state index is 5.42. The molecule has 2 aromatic heterocycles. The Morgan fingerprint density at radius 1 is 1.45 bits per heavy atom. The zero-order chi connectivity index (χ0) is 13.8. The van der Waals surface area contributed by atoms with E-state index in [1.807, 2.05) is 12.3 Å². The fourth-order valence-electron chi connectivity index (χ4n) is 2.34. The Bertz CT molecular complexity index is 564. The van der Waals surface area contributed by atoms with Gasteiger partial charge in [0.1, 0.15) is 0 Å². The topological polar surface area (TPSA) is 73.1 Å². The minimum Gasteiger partial charge on any atom is -0.378 e. The van der Waals surface area contributed by atoms with Crippen molar-refractivity contribution in [2.45, 2.75) is 25.8 Å². The highest BCUT2D eigenvalue weighted by Gasteiger charge is 2.18. The molecule has 0 saturated carbocycles. The fourth-order valence-corrected chi connectivity index (χ4v) is 2.34. The molecule has 1 unspecified atom stereocenters. The summed E-state index contributed by atoms with van der Waals surface area (Å²) in [7, 11) is 0. The maximum atomic E-state index is 5.42. The first-order valence-corrected chi connectivity index (χ1v) is 6.93. The molecule has 1 atom stereocenters. The molecular weight excluding hydrogens is 256 g/mol. The predicted octanol–water partition coefficient (Wildman–Crippen LogP) is 1.22. The fraction of sp³-hybridized carbons (Fsp3) is 0.500. The number of rotatable bonds is 4. The third-order valence-electron chi connectivity index (χ3n) is 3.41. The average molecular weight is 274 g/mol. The molecule has 1 N–H and O–H groups in total. The lowest BCUT2D eigenvalue weighted by Gasteiger charge is -2.22. The number of pyridine rings is 1. The molecule has 1 aliphatic heterocycles. The molecule has 1 saturated heterocycles. The van der Waals surface area contributed by atoms with Gasteiger partial charge in [-0.05, 0) is 18.1 Å². The molecule has 6 heteroatoms. The van der Waals surface area contributed by atoms with Crippen molar-refractivity contribution in [3.05, 3.63) is 29.9 Å². The van der Waals surface area contributed by atoms with E-state index in [1.54, 1.807) is 6.20 Å². The van der Waals surface area contributed by atoms with Crippen LogP contribution in [0.15, 0.2) is 23.0 Å². The van der Waals surface area contributed by atoms with Gasteiger partial charge in [-0.15, -0.1) is 0 Å². The quantitative estimate of drug-likeness (QED) is 0.904. The second-order valence-electron chi connectivity index (χ2n) is 4.83. The average Bonchev–Trinajstić information content (AvgIpc) is 2.96. The first-order chi connectivity index (χ1) is 9.86. The van der Waals surface area contributed by atoms with Gasteiger partial charge in [0.2, 0.25) is 11.7 Å². The summed E-state index contributed by atoms with van der Waals surface area (Å²) in [5, 5.41) is 7.45. The van der Waals surface area contributed by atoms with Crippen molar-refractivity contribution in [2.75, 3.05) is 19.8 Å². The number of aromatic nitrogens is 3. The molecule has 2 aromatic rings. The van der Waals surface area contributed by atoms with Crippen LogP contribution in [0.3, 0.4) is 0 Å². The van der Waals surface area contributed by atoms with Gasteiger partial charge in [0.05, 0.1) is 13.2 Å². The standard InChI is InChI=1S/C14H18N4O2/c1-2-10-8-15-4-3-12(10)14-17-13(20-18-14)7-11-9-19-6-5-16-11/h3-4,8,11,16H,2,5-7,9H2,1H3. The molecule has 6 nitrogen and oxygen atoms in total. The monoisotopic (exact) mass is 274 g/mol. The summed E-state index contributed by atoms with van der Waals surface area (Å²) in [5.74, 6) is 1.28. The summed E-state index contributed by atoms with van der Waals surface area (Å²) < 4.78 is 10.8. The number of morpholine rings is 1. The van der Waals surface area contributed by atoms with E-state index in [-0.39, 0.29) is 6.04 Å². The van der Waals surface area contributed by atoms with Crippen LogP contribution in [-0.4, -0.2) is 40.9 Å². The van der Waals surface area contributed by atoms with Crippen molar-refractivity contribution < 1.29 is 9.26 Å². The first-order valence-electron chi connectivity index (χ1n) is 6.93. The molecule has 1 fully saturated rings. The lowest BCUT2D eigenvalue weighted by molar-refractivity contribution is 0.0744. The highest BCUT2D eigenvalue weighted by Crippen LogP contribution is 2.20. The van der Waals surface area contributed by atoms with Crippen LogP contribution in [-0.2, 0) is 17.6 Å². The second kappa shape index (κ2) is 6.11. The van der Waals surface area contributed by atoms with E-state index >= 15 is 0 Å². The molecule has 0 aromatic carbocycles. The highest BCUT2D eigenvalue weighted by atomic mass is 16.5. The largest absolute Gasteiger partial charge is 0.378 e.